The van der Waals surface area contributed by atoms with E-state index in [1.54, 1.807) is 0 Å². The first-order valence-corrected chi connectivity index (χ1v) is 7.74. The number of aliphatic carboxylic acids is 1. The van der Waals surface area contributed by atoms with Gasteiger partial charge in [0.1, 0.15) is 0 Å². The number of alkyl carbamates (subject to hydrolysis) is 1. The molecule has 0 aromatic heterocycles. The van der Waals surface area contributed by atoms with Crippen LogP contribution in [0.3, 0.4) is 0 Å². The molecule has 5 nitrogen and oxygen atoms in total. The van der Waals surface area contributed by atoms with Gasteiger partial charge in [0.2, 0.25) is 0 Å². The molecule has 1 unspecified atom stereocenters. The fraction of sp³-hybridized carbons (Fsp3) is 0.333. The average molecular weight is 315 g/mol. The molecule has 0 saturated carbocycles. The van der Waals surface area contributed by atoms with Crippen LogP contribution in [0.2, 0.25) is 0 Å². The first kappa shape index (κ1) is 16.8. The molecule has 0 spiro atoms. The lowest BCUT2D eigenvalue weighted by molar-refractivity contribution is -0.137. The van der Waals surface area contributed by atoms with Crippen molar-refractivity contribution in [1.82, 2.24) is 5.32 Å². The van der Waals surface area contributed by atoms with E-state index in [4.69, 9.17) is 9.84 Å². The van der Waals surface area contributed by atoms with Gasteiger partial charge in [-0.05, 0) is 28.8 Å². The molecule has 1 atom stereocenters. The molecule has 23 heavy (non-hydrogen) atoms. The minimum atomic E-state index is -0.975. The van der Waals surface area contributed by atoms with Crippen LogP contribution in [-0.4, -0.2) is 23.8 Å². The summed E-state index contributed by atoms with van der Waals surface area (Å²) in [6.07, 6.45) is 0.933. The fourth-order valence-electron chi connectivity index (χ4n) is 2.34. The Bertz CT molecular complexity index is 684. The second kappa shape index (κ2) is 8.17. The molecule has 0 heterocycles. The lowest BCUT2D eigenvalue weighted by Crippen LogP contribution is -2.31. The van der Waals surface area contributed by atoms with Gasteiger partial charge in [-0.25, -0.2) is 4.79 Å². The van der Waals surface area contributed by atoms with Crippen LogP contribution in [0.5, 0.6) is 0 Å². The number of amides is 1. The molecule has 0 bridgehead atoms. The molecule has 0 aliphatic rings. The van der Waals surface area contributed by atoms with E-state index in [2.05, 4.69) is 5.32 Å². The first-order valence-electron chi connectivity index (χ1n) is 7.74. The summed E-state index contributed by atoms with van der Waals surface area (Å²) in [7, 11) is 0. The summed E-state index contributed by atoms with van der Waals surface area (Å²) in [5.74, 6) is -0.975. The molecule has 0 aliphatic heterocycles. The summed E-state index contributed by atoms with van der Waals surface area (Å²) >= 11 is 0. The number of carboxylic acids is 1. The van der Waals surface area contributed by atoms with Crippen LogP contribution in [0.4, 0.5) is 4.79 Å². The highest BCUT2D eigenvalue weighted by atomic mass is 16.5. The number of ether oxygens (including phenoxy) is 1. The van der Waals surface area contributed by atoms with Gasteiger partial charge in [0.05, 0.1) is 19.1 Å². The number of nitrogens with one attached hydrogen (secondary N) is 1. The van der Waals surface area contributed by atoms with Gasteiger partial charge in [-0.2, -0.15) is 0 Å². The number of benzene rings is 2. The molecule has 2 rings (SSSR count). The van der Waals surface area contributed by atoms with E-state index in [1.165, 1.54) is 0 Å². The zero-order valence-corrected chi connectivity index (χ0v) is 13.1. The largest absolute Gasteiger partial charge is 0.481 e. The number of carbonyl (C=O) groups excluding carboxylic acids is 1. The van der Waals surface area contributed by atoms with Crippen molar-refractivity contribution in [3.8, 4) is 0 Å². The monoisotopic (exact) mass is 315 g/mol. The Kier molecular flexibility index (Phi) is 5.97. The van der Waals surface area contributed by atoms with Crippen LogP contribution in [0.15, 0.2) is 42.5 Å². The van der Waals surface area contributed by atoms with E-state index >= 15 is 0 Å². The standard InChI is InChI=1S/C18H21NO4/c1-2-3-10-23-18(22)19-16(12-17(20)21)15-9-8-13-6-4-5-7-14(13)11-15/h4-9,11,16H,2-3,10,12H2,1H3,(H,19,22)(H,20,21). The number of fused-ring (bicyclic) bond motifs is 1. The Balaban J connectivity index is 2.15. The Morgan fingerprint density at radius 1 is 1.17 bits per heavy atom. The topological polar surface area (TPSA) is 75.6 Å². The normalized spacial score (nSPS) is 11.9. The van der Waals surface area contributed by atoms with E-state index in [9.17, 15) is 9.59 Å². The molecule has 0 aliphatic carbocycles. The van der Waals surface area contributed by atoms with Gasteiger partial charge >= 0.3 is 12.1 Å². The fourth-order valence-corrected chi connectivity index (χ4v) is 2.34. The summed E-state index contributed by atoms with van der Waals surface area (Å²) in [6, 6.07) is 12.8. The third-order valence-electron chi connectivity index (χ3n) is 3.58. The maximum absolute atomic E-state index is 11.8. The zero-order valence-electron chi connectivity index (χ0n) is 13.1. The molecule has 2 N–H and O–H groups in total. The molecule has 0 radical (unpaired) electrons. The van der Waals surface area contributed by atoms with Crippen molar-refractivity contribution in [2.75, 3.05) is 6.61 Å². The first-order chi connectivity index (χ1) is 11.1. The second-order valence-corrected chi connectivity index (χ2v) is 5.39. The highest BCUT2D eigenvalue weighted by molar-refractivity contribution is 5.83. The highest BCUT2D eigenvalue weighted by Crippen LogP contribution is 2.22. The summed E-state index contributed by atoms with van der Waals surface area (Å²) in [4.78, 5) is 22.9. The Morgan fingerprint density at radius 3 is 2.61 bits per heavy atom. The van der Waals surface area contributed by atoms with Crippen LogP contribution >= 0.6 is 0 Å². The minimum Gasteiger partial charge on any atom is -0.481 e. The van der Waals surface area contributed by atoms with Gasteiger partial charge in [-0.15, -0.1) is 0 Å². The summed E-state index contributed by atoms with van der Waals surface area (Å²) < 4.78 is 5.06. The van der Waals surface area contributed by atoms with Crippen molar-refractivity contribution in [1.29, 1.82) is 0 Å². The van der Waals surface area contributed by atoms with Crippen LogP contribution < -0.4 is 5.32 Å². The maximum atomic E-state index is 11.8. The number of carboxylic acid groups (broad SMARTS) is 1. The van der Waals surface area contributed by atoms with E-state index in [0.29, 0.717) is 6.61 Å². The predicted molar refractivity (Wildman–Crippen MR) is 88.3 cm³/mol. The van der Waals surface area contributed by atoms with Crippen molar-refractivity contribution < 1.29 is 19.4 Å². The molecule has 122 valence electrons. The Labute approximate surface area is 135 Å². The highest BCUT2D eigenvalue weighted by Gasteiger charge is 2.19. The van der Waals surface area contributed by atoms with Crippen LogP contribution in [0.25, 0.3) is 10.8 Å². The third-order valence-corrected chi connectivity index (χ3v) is 3.58. The number of hydrogen-bond donors (Lipinski definition) is 2. The van der Waals surface area contributed by atoms with Crippen LogP contribution in [-0.2, 0) is 9.53 Å². The quantitative estimate of drug-likeness (QED) is 0.760. The van der Waals surface area contributed by atoms with Crippen LogP contribution in [0.1, 0.15) is 37.8 Å². The predicted octanol–water partition coefficient (Wildman–Crippen LogP) is 3.88. The van der Waals surface area contributed by atoms with E-state index in [-0.39, 0.29) is 6.42 Å². The van der Waals surface area contributed by atoms with Gasteiger partial charge in [0.15, 0.2) is 0 Å². The van der Waals surface area contributed by atoms with Crippen molar-refractivity contribution in [3.05, 3.63) is 48.0 Å². The number of rotatable bonds is 7. The third kappa shape index (κ3) is 4.98. The molecule has 0 saturated heterocycles. The smallest absolute Gasteiger partial charge is 0.407 e. The van der Waals surface area contributed by atoms with E-state index < -0.39 is 18.1 Å². The number of unbranched alkanes of at least 4 members (excludes halogenated alkanes) is 1. The summed E-state index contributed by atoms with van der Waals surface area (Å²) in [6.45, 7) is 2.34. The summed E-state index contributed by atoms with van der Waals surface area (Å²) in [5, 5.41) is 13.8. The molecule has 2 aromatic carbocycles. The lowest BCUT2D eigenvalue weighted by atomic mass is 10.00. The van der Waals surface area contributed by atoms with Crippen molar-refractivity contribution >= 4 is 22.8 Å². The molecular weight excluding hydrogens is 294 g/mol. The van der Waals surface area contributed by atoms with Crippen molar-refractivity contribution in [2.24, 2.45) is 0 Å². The zero-order chi connectivity index (χ0) is 16.7. The van der Waals surface area contributed by atoms with Crippen molar-refractivity contribution in [3.63, 3.8) is 0 Å². The minimum absolute atomic E-state index is 0.193. The summed E-state index contributed by atoms with van der Waals surface area (Å²) in [5.41, 5.74) is 0.749. The van der Waals surface area contributed by atoms with E-state index in [0.717, 1.165) is 29.2 Å². The molecule has 0 fully saturated rings. The number of carbonyl (C=O) groups is 2. The SMILES string of the molecule is CCCCOC(=O)NC(CC(=O)O)c1ccc2ccccc2c1. The molecule has 2 aromatic rings. The van der Waals surface area contributed by atoms with E-state index in [1.807, 2.05) is 49.4 Å². The molecular formula is C18H21NO4. The Morgan fingerprint density at radius 2 is 1.91 bits per heavy atom. The van der Waals surface area contributed by atoms with Crippen molar-refractivity contribution in [2.45, 2.75) is 32.2 Å². The molecule has 5 heteroatoms. The average Bonchev–Trinajstić information content (AvgIpc) is 2.53. The number of hydrogen-bond acceptors (Lipinski definition) is 3. The molecule has 1 amide bonds. The maximum Gasteiger partial charge on any atom is 0.407 e. The Hall–Kier alpha value is -2.56. The van der Waals surface area contributed by atoms with Gasteiger partial charge in [-0.3, -0.25) is 4.79 Å². The van der Waals surface area contributed by atoms with Gasteiger partial charge < -0.3 is 15.2 Å². The van der Waals surface area contributed by atoms with Gasteiger partial charge in [0, 0.05) is 0 Å². The van der Waals surface area contributed by atoms with Gasteiger partial charge in [-0.1, -0.05) is 49.7 Å². The second-order valence-electron chi connectivity index (χ2n) is 5.39. The van der Waals surface area contributed by atoms with Gasteiger partial charge in [0.25, 0.3) is 0 Å². The van der Waals surface area contributed by atoms with Crippen LogP contribution in [0, 0.1) is 0 Å². The lowest BCUT2D eigenvalue weighted by Gasteiger charge is -2.18.